The molecule has 2 aromatic carbocycles. The Bertz CT molecular complexity index is 841. The summed E-state index contributed by atoms with van der Waals surface area (Å²) in [6.07, 6.45) is -4.51. The van der Waals surface area contributed by atoms with E-state index in [9.17, 15) is 18.0 Å². The van der Waals surface area contributed by atoms with Gasteiger partial charge in [-0.2, -0.15) is 13.2 Å². The van der Waals surface area contributed by atoms with Crippen LogP contribution in [0.3, 0.4) is 0 Å². The second-order valence-corrected chi connectivity index (χ2v) is 7.32. The van der Waals surface area contributed by atoms with E-state index in [1.54, 1.807) is 11.0 Å². The zero-order valence-electron chi connectivity index (χ0n) is 15.2. The Hall–Kier alpha value is -2.38. The molecule has 28 heavy (non-hydrogen) atoms. The maximum atomic E-state index is 13.0. The van der Waals surface area contributed by atoms with E-state index in [1.165, 1.54) is 11.6 Å². The van der Waals surface area contributed by atoms with Crippen molar-refractivity contribution in [3.05, 3.63) is 71.3 Å². The molecule has 0 saturated carbocycles. The molecule has 2 atom stereocenters. The summed E-state index contributed by atoms with van der Waals surface area (Å²) in [7, 11) is 0. The van der Waals surface area contributed by atoms with Gasteiger partial charge in [0, 0.05) is 26.2 Å². The first-order chi connectivity index (χ1) is 13.4. The van der Waals surface area contributed by atoms with E-state index in [-0.39, 0.29) is 31.2 Å². The topological polar surface area (TPSA) is 32.8 Å². The maximum absolute atomic E-state index is 13.0. The number of likely N-dealkylation sites (tertiary alicyclic amines) is 1. The minimum atomic E-state index is -4.40. The highest BCUT2D eigenvalue weighted by Crippen LogP contribution is 2.31. The highest BCUT2D eigenvalue weighted by Gasteiger charge is 2.43. The number of amides is 1. The molecular formula is C21H21F3N2O2. The average molecular weight is 390 g/mol. The number of hydrogen-bond donors (Lipinski definition) is 0. The largest absolute Gasteiger partial charge is 0.416 e. The number of hydrogen-bond acceptors (Lipinski definition) is 3. The predicted octanol–water partition coefficient (Wildman–Crippen LogP) is 3.32. The highest BCUT2D eigenvalue weighted by molar-refractivity contribution is 5.78. The van der Waals surface area contributed by atoms with Crippen molar-refractivity contribution >= 4 is 5.91 Å². The van der Waals surface area contributed by atoms with Gasteiger partial charge < -0.3 is 9.64 Å². The fourth-order valence-electron chi connectivity index (χ4n) is 3.96. The molecule has 4 rings (SSSR count). The molecule has 0 N–H and O–H groups in total. The number of carbonyl (C=O) groups excluding carboxylic acids is 1. The third kappa shape index (κ3) is 4.05. The van der Waals surface area contributed by atoms with Gasteiger partial charge in [0.25, 0.3) is 0 Å². The number of alkyl halides is 3. The molecule has 2 unspecified atom stereocenters. The van der Waals surface area contributed by atoms with Gasteiger partial charge in [0.15, 0.2) is 0 Å². The monoisotopic (exact) mass is 390 g/mol. The molecule has 2 aliphatic rings. The molecule has 0 bridgehead atoms. The Kier molecular flexibility index (Phi) is 5.12. The summed E-state index contributed by atoms with van der Waals surface area (Å²) in [5.41, 5.74) is 0.960. The van der Waals surface area contributed by atoms with Gasteiger partial charge in [-0.05, 0) is 23.3 Å². The van der Waals surface area contributed by atoms with E-state index < -0.39 is 11.7 Å². The zero-order chi connectivity index (χ0) is 19.7. The molecule has 0 aliphatic carbocycles. The van der Waals surface area contributed by atoms with Crippen LogP contribution in [-0.2, 0) is 28.8 Å². The number of halogens is 3. The summed E-state index contributed by atoms with van der Waals surface area (Å²) in [4.78, 5) is 16.3. The minimum absolute atomic E-state index is 0.0285. The molecule has 4 nitrogen and oxygen atoms in total. The molecule has 1 amide bonds. The normalized spacial score (nSPS) is 23.1. The summed E-state index contributed by atoms with van der Waals surface area (Å²) in [6.45, 7) is 2.23. The molecule has 0 radical (unpaired) electrons. The van der Waals surface area contributed by atoms with Crippen LogP contribution in [0.4, 0.5) is 13.2 Å². The third-order valence-electron chi connectivity index (χ3n) is 5.31. The fourth-order valence-corrected chi connectivity index (χ4v) is 3.96. The van der Waals surface area contributed by atoms with Crippen LogP contribution < -0.4 is 0 Å². The van der Waals surface area contributed by atoms with Crippen molar-refractivity contribution in [1.29, 1.82) is 0 Å². The van der Waals surface area contributed by atoms with Crippen molar-refractivity contribution in [2.45, 2.75) is 31.4 Å². The summed E-state index contributed by atoms with van der Waals surface area (Å²) in [5.74, 6) is -0.180. The number of carbonyl (C=O) groups is 1. The number of nitrogens with zero attached hydrogens (tertiary/aromatic N) is 2. The molecular weight excluding hydrogens is 369 g/mol. The molecule has 2 heterocycles. The van der Waals surface area contributed by atoms with Crippen molar-refractivity contribution in [2.24, 2.45) is 0 Å². The van der Waals surface area contributed by atoms with E-state index in [1.807, 2.05) is 30.3 Å². The van der Waals surface area contributed by atoms with Crippen LogP contribution in [0.1, 0.15) is 16.7 Å². The SMILES string of the molecule is O=C1COC2CN(Cc3ccccc3)CC2N1Cc1cccc(C(F)(F)F)c1. The second-order valence-electron chi connectivity index (χ2n) is 7.32. The van der Waals surface area contributed by atoms with Gasteiger partial charge in [-0.1, -0.05) is 42.5 Å². The summed E-state index contributed by atoms with van der Waals surface area (Å²) in [5, 5.41) is 0. The molecule has 2 fully saturated rings. The number of ether oxygens (including phenoxy) is 1. The van der Waals surface area contributed by atoms with Gasteiger partial charge in [-0.25, -0.2) is 0 Å². The van der Waals surface area contributed by atoms with Crippen molar-refractivity contribution in [1.82, 2.24) is 9.80 Å². The van der Waals surface area contributed by atoms with Gasteiger partial charge in [-0.3, -0.25) is 9.69 Å². The Morgan fingerprint density at radius 1 is 0.964 bits per heavy atom. The van der Waals surface area contributed by atoms with Crippen LogP contribution in [-0.4, -0.2) is 47.5 Å². The van der Waals surface area contributed by atoms with Crippen molar-refractivity contribution in [3.63, 3.8) is 0 Å². The van der Waals surface area contributed by atoms with Crippen molar-refractivity contribution in [2.75, 3.05) is 19.7 Å². The molecule has 0 spiro atoms. The molecule has 7 heteroatoms. The Balaban J connectivity index is 1.49. The average Bonchev–Trinajstić information content (AvgIpc) is 3.07. The van der Waals surface area contributed by atoms with Crippen LogP contribution in [0.5, 0.6) is 0 Å². The number of morpholine rings is 1. The first-order valence-corrected chi connectivity index (χ1v) is 9.23. The first kappa shape index (κ1) is 19.0. The molecule has 0 aromatic heterocycles. The van der Waals surface area contributed by atoms with E-state index in [4.69, 9.17) is 4.74 Å². The van der Waals surface area contributed by atoms with Gasteiger partial charge in [0.1, 0.15) is 6.61 Å². The number of rotatable bonds is 4. The van der Waals surface area contributed by atoms with E-state index >= 15 is 0 Å². The first-order valence-electron chi connectivity index (χ1n) is 9.23. The highest BCUT2D eigenvalue weighted by atomic mass is 19.4. The zero-order valence-corrected chi connectivity index (χ0v) is 15.2. The molecule has 2 aromatic rings. The second kappa shape index (κ2) is 7.56. The van der Waals surface area contributed by atoms with E-state index in [0.29, 0.717) is 18.7 Å². The van der Waals surface area contributed by atoms with E-state index in [2.05, 4.69) is 4.90 Å². The van der Waals surface area contributed by atoms with Crippen molar-refractivity contribution in [3.8, 4) is 0 Å². The van der Waals surface area contributed by atoms with Gasteiger partial charge in [0.2, 0.25) is 5.91 Å². The fraction of sp³-hybridized carbons (Fsp3) is 0.381. The van der Waals surface area contributed by atoms with Gasteiger partial charge in [-0.15, -0.1) is 0 Å². The number of benzene rings is 2. The summed E-state index contributed by atoms with van der Waals surface area (Å²) in [6, 6.07) is 15.1. The summed E-state index contributed by atoms with van der Waals surface area (Å²) >= 11 is 0. The van der Waals surface area contributed by atoms with Crippen LogP contribution in [0, 0.1) is 0 Å². The lowest BCUT2D eigenvalue weighted by Gasteiger charge is -2.37. The standard InChI is InChI=1S/C21H21F3N2O2/c22-21(23,24)17-8-4-7-16(9-17)11-26-18-12-25(10-15-5-2-1-3-6-15)13-19(18)28-14-20(26)27/h1-9,18-19H,10-14H2. The van der Waals surface area contributed by atoms with Gasteiger partial charge in [0.05, 0.1) is 17.7 Å². The predicted molar refractivity (Wildman–Crippen MR) is 97.2 cm³/mol. The van der Waals surface area contributed by atoms with Crippen LogP contribution in [0.15, 0.2) is 54.6 Å². The smallest absolute Gasteiger partial charge is 0.365 e. The Morgan fingerprint density at radius 2 is 1.71 bits per heavy atom. The Labute approximate surface area is 161 Å². The lowest BCUT2D eigenvalue weighted by molar-refractivity contribution is -0.153. The lowest BCUT2D eigenvalue weighted by Crippen LogP contribution is -2.53. The maximum Gasteiger partial charge on any atom is 0.416 e. The van der Waals surface area contributed by atoms with Crippen LogP contribution in [0.25, 0.3) is 0 Å². The third-order valence-corrected chi connectivity index (χ3v) is 5.31. The lowest BCUT2D eigenvalue weighted by atomic mass is 10.1. The Morgan fingerprint density at radius 3 is 2.46 bits per heavy atom. The molecule has 2 aliphatic heterocycles. The summed E-state index contributed by atoms with van der Waals surface area (Å²) < 4.78 is 44.7. The van der Waals surface area contributed by atoms with Gasteiger partial charge >= 0.3 is 6.18 Å². The van der Waals surface area contributed by atoms with E-state index in [0.717, 1.165) is 18.7 Å². The molecule has 148 valence electrons. The quantitative estimate of drug-likeness (QED) is 0.803. The van der Waals surface area contributed by atoms with Crippen LogP contribution in [0.2, 0.25) is 0 Å². The number of fused-ring (bicyclic) bond motifs is 1. The molecule has 2 saturated heterocycles. The van der Waals surface area contributed by atoms with Crippen molar-refractivity contribution < 1.29 is 22.7 Å². The minimum Gasteiger partial charge on any atom is -0.365 e. The van der Waals surface area contributed by atoms with Crippen LogP contribution >= 0.6 is 0 Å².